The second-order valence-corrected chi connectivity index (χ2v) is 4.39. The molecule has 0 aromatic carbocycles. The summed E-state index contributed by atoms with van der Waals surface area (Å²) in [7, 11) is 0. The fourth-order valence-corrected chi connectivity index (χ4v) is 1.70. The van der Waals surface area contributed by atoms with Crippen LogP contribution in [0.4, 0.5) is 0 Å². The van der Waals surface area contributed by atoms with Crippen LogP contribution in [0.15, 0.2) is 61.3 Å². The van der Waals surface area contributed by atoms with Crippen LogP contribution in [-0.2, 0) is 14.3 Å². The Morgan fingerprint density at radius 3 is 2.25 bits per heavy atom. The van der Waals surface area contributed by atoms with Crippen molar-refractivity contribution in [1.82, 2.24) is 0 Å². The molecule has 1 unspecified atom stereocenters. The molecule has 1 heterocycles. The Labute approximate surface area is 120 Å². The molecule has 0 bridgehead atoms. The van der Waals surface area contributed by atoms with E-state index in [9.17, 15) is 9.59 Å². The molecular weight excluding hydrogens is 252 g/mol. The smallest absolute Gasteiger partial charge is 0.317 e. The predicted octanol–water partition coefficient (Wildman–Crippen LogP) is 3.66. The Kier molecular flexibility index (Phi) is 7.73. The largest absolute Gasteiger partial charge is 0.393 e. The minimum Gasteiger partial charge on any atom is -0.393 e. The van der Waals surface area contributed by atoms with E-state index in [0.29, 0.717) is 6.42 Å². The molecule has 0 radical (unpaired) electrons. The number of ether oxygens (including phenoxy) is 1. The highest BCUT2D eigenvalue weighted by molar-refractivity contribution is 5.94. The van der Waals surface area contributed by atoms with Crippen molar-refractivity contribution in [2.75, 3.05) is 0 Å². The minimum absolute atomic E-state index is 0.208. The van der Waals surface area contributed by atoms with E-state index in [4.69, 9.17) is 0 Å². The van der Waals surface area contributed by atoms with E-state index in [1.54, 1.807) is 6.08 Å². The molecule has 0 amide bonds. The number of carbonyl (C=O) groups is 2. The molecule has 0 N–H and O–H groups in total. The molecule has 0 spiro atoms. The van der Waals surface area contributed by atoms with E-state index >= 15 is 0 Å². The Bertz CT molecular complexity index is 453. The number of cyclic esters (lactones) is 2. The van der Waals surface area contributed by atoms with Gasteiger partial charge in [0.05, 0.1) is 12.3 Å². The van der Waals surface area contributed by atoms with Gasteiger partial charge in [-0.05, 0) is 19.3 Å². The average Bonchev–Trinajstić information content (AvgIpc) is 2.74. The molecule has 20 heavy (non-hydrogen) atoms. The molecule has 1 fully saturated rings. The lowest BCUT2D eigenvalue weighted by molar-refractivity contribution is -0.153. The molecule has 106 valence electrons. The van der Waals surface area contributed by atoms with E-state index < -0.39 is 11.9 Å². The Balaban J connectivity index is 2.12. The third-order valence-electron chi connectivity index (χ3n) is 2.75. The van der Waals surface area contributed by atoms with Crippen LogP contribution in [0.25, 0.3) is 0 Å². The summed E-state index contributed by atoms with van der Waals surface area (Å²) in [5, 5.41) is 0. The standard InChI is InChI=1S/C17H20O3/c1-2-3-4-5-6-7-8-9-10-11-12-13-15-14-16(18)20-17(15)19/h2-4,6-9,11-12,15H,1,5,10,13-14H2. The molecule has 1 saturated heterocycles. The van der Waals surface area contributed by atoms with Gasteiger partial charge in [0.1, 0.15) is 0 Å². The zero-order chi connectivity index (χ0) is 14.6. The molecule has 0 aliphatic carbocycles. The topological polar surface area (TPSA) is 43.4 Å². The highest BCUT2D eigenvalue weighted by atomic mass is 16.6. The second-order valence-electron chi connectivity index (χ2n) is 4.39. The van der Waals surface area contributed by atoms with Crippen LogP contribution in [0.1, 0.15) is 25.7 Å². The third kappa shape index (κ3) is 6.69. The zero-order valence-corrected chi connectivity index (χ0v) is 11.5. The van der Waals surface area contributed by atoms with Gasteiger partial charge in [0.2, 0.25) is 0 Å². The summed E-state index contributed by atoms with van der Waals surface area (Å²) in [6, 6.07) is 0. The number of hydrogen-bond donors (Lipinski definition) is 0. The van der Waals surface area contributed by atoms with Crippen LogP contribution in [0, 0.1) is 5.92 Å². The van der Waals surface area contributed by atoms with Crippen LogP contribution in [0.2, 0.25) is 0 Å². The van der Waals surface area contributed by atoms with Crippen molar-refractivity contribution < 1.29 is 14.3 Å². The van der Waals surface area contributed by atoms with E-state index in [0.717, 1.165) is 12.8 Å². The van der Waals surface area contributed by atoms with Gasteiger partial charge >= 0.3 is 11.9 Å². The van der Waals surface area contributed by atoms with E-state index in [-0.39, 0.29) is 12.3 Å². The number of carbonyl (C=O) groups excluding carboxylic acids is 2. The molecule has 1 aliphatic rings. The lowest BCUT2D eigenvalue weighted by Gasteiger charge is -1.97. The maximum Gasteiger partial charge on any atom is 0.317 e. The van der Waals surface area contributed by atoms with Crippen molar-refractivity contribution in [3.63, 3.8) is 0 Å². The van der Waals surface area contributed by atoms with Crippen molar-refractivity contribution in [1.29, 1.82) is 0 Å². The number of rotatable bonds is 8. The first-order valence-electron chi connectivity index (χ1n) is 6.72. The summed E-state index contributed by atoms with van der Waals surface area (Å²) < 4.78 is 4.48. The molecule has 0 saturated carbocycles. The van der Waals surface area contributed by atoms with Crippen LogP contribution in [-0.4, -0.2) is 11.9 Å². The minimum atomic E-state index is -0.413. The van der Waals surface area contributed by atoms with Crippen LogP contribution >= 0.6 is 0 Å². The number of allylic oxidation sites excluding steroid dienone is 9. The summed E-state index contributed by atoms with van der Waals surface area (Å²) in [5.74, 6) is -1.10. The molecule has 0 aromatic heterocycles. The maximum absolute atomic E-state index is 11.2. The average molecular weight is 272 g/mol. The highest BCUT2D eigenvalue weighted by Crippen LogP contribution is 2.19. The van der Waals surface area contributed by atoms with Crippen molar-refractivity contribution >= 4 is 11.9 Å². The first-order valence-corrected chi connectivity index (χ1v) is 6.72. The Morgan fingerprint density at radius 2 is 1.65 bits per heavy atom. The first kappa shape index (κ1) is 15.9. The molecular formula is C17H20O3. The van der Waals surface area contributed by atoms with Gasteiger partial charge < -0.3 is 4.74 Å². The quantitative estimate of drug-likeness (QED) is 0.293. The van der Waals surface area contributed by atoms with Gasteiger partial charge in [-0.2, -0.15) is 0 Å². The monoisotopic (exact) mass is 272 g/mol. The zero-order valence-electron chi connectivity index (χ0n) is 11.5. The normalized spacial score (nSPS) is 19.9. The fourth-order valence-electron chi connectivity index (χ4n) is 1.70. The van der Waals surface area contributed by atoms with Crippen molar-refractivity contribution in [3.05, 3.63) is 61.3 Å². The molecule has 1 rings (SSSR count). The van der Waals surface area contributed by atoms with Gasteiger partial charge in [-0.25, -0.2) is 0 Å². The Morgan fingerprint density at radius 1 is 1.00 bits per heavy atom. The number of hydrogen-bond acceptors (Lipinski definition) is 3. The highest BCUT2D eigenvalue weighted by Gasteiger charge is 2.31. The van der Waals surface area contributed by atoms with E-state index in [1.807, 2.05) is 42.5 Å². The third-order valence-corrected chi connectivity index (χ3v) is 2.75. The number of esters is 2. The summed E-state index contributed by atoms with van der Waals surface area (Å²) in [5.41, 5.74) is 0. The van der Waals surface area contributed by atoms with Gasteiger partial charge in [0.15, 0.2) is 0 Å². The Hall–Kier alpha value is -2.16. The summed E-state index contributed by atoms with van der Waals surface area (Å²) in [4.78, 5) is 22.1. The molecule has 3 heteroatoms. The lowest BCUT2D eigenvalue weighted by atomic mass is 10.0. The predicted molar refractivity (Wildman–Crippen MR) is 79.8 cm³/mol. The fraction of sp³-hybridized carbons (Fsp3) is 0.294. The van der Waals surface area contributed by atoms with E-state index in [1.165, 1.54) is 0 Å². The van der Waals surface area contributed by atoms with Crippen LogP contribution in [0.3, 0.4) is 0 Å². The van der Waals surface area contributed by atoms with Crippen LogP contribution < -0.4 is 0 Å². The van der Waals surface area contributed by atoms with Crippen molar-refractivity contribution in [3.8, 4) is 0 Å². The summed E-state index contributed by atoms with van der Waals surface area (Å²) >= 11 is 0. The van der Waals surface area contributed by atoms with E-state index in [2.05, 4.69) is 17.4 Å². The molecule has 1 aliphatic heterocycles. The molecule has 3 nitrogen and oxygen atoms in total. The van der Waals surface area contributed by atoms with Crippen LogP contribution in [0.5, 0.6) is 0 Å². The van der Waals surface area contributed by atoms with Gasteiger partial charge in [0.25, 0.3) is 0 Å². The van der Waals surface area contributed by atoms with Gasteiger partial charge in [-0.1, -0.05) is 61.3 Å². The van der Waals surface area contributed by atoms with Gasteiger partial charge in [0, 0.05) is 0 Å². The maximum atomic E-state index is 11.2. The lowest BCUT2D eigenvalue weighted by Crippen LogP contribution is -2.05. The summed E-state index contributed by atoms with van der Waals surface area (Å²) in [6.07, 6.45) is 20.1. The first-order chi connectivity index (χ1) is 9.74. The van der Waals surface area contributed by atoms with Gasteiger partial charge in [-0.3, -0.25) is 9.59 Å². The molecule has 0 aromatic rings. The van der Waals surface area contributed by atoms with Crippen molar-refractivity contribution in [2.24, 2.45) is 5.92 Å². The summed E-state index contributed by atoms with van der Waals surface area (Å²) in [6.45, 7) is 3.59. The van der Waals surface area contributed by atoms with Crippen molar-refractivity contribution in [2.45, 2.75) is 25.7 Å². The molecule has 1 atom stereocenters. The second kappa shape index (κ2) is 9.73. The van der Waals surface area contributed by atoms with Gasteiger partial charge in [-0.15, -0.1) is 0 Å². The SMILES string of the molecule is C=CC=CCC=CC=CCC=CCC1CC(=O)OC1=O.